The zero-order chi connectivity index (χ0) is 11.4. The van der Waals surface area contributed by atoms with Gasteiger partial charge in [0.15, 0.2) is 0 Å². The Hall–Kier alpha value is -0.590. The summed E-state index contributed by atoms with van der Waals surface area (Å²) in [6.45, 7) is 14.4. The molecule has 2 aliphatic rings. The van der Waals surface area contributed by atoms with Crippen LogP contribution in [-0.4, -0.2) is 48.2 Å². The summed E-state index contributed by atoms with van der Waals surface area (Å²) in [5.41, 5.74) is 0.461. The molecule has 0 aromatic carbocycles. The van der Waals surface area contributed by atoms with Gasteiger partial charge < -0.3 is 0 Å². The summed E-state index contributed by atoms with van der Waals surface area (Å²) in [6.07, 6.45) is 6.97. The minimum atomic E-state index is 0.461. The number of hydrogen-bond acceptors (Lipinski definition) is 2. The molecule has 1 saturated carbocycles. The van der Waals surface area contributed by atoms with Gasteiger partial charge in [-0.1, -0.05) is 19.3 Å². The van der Waals surface area contributed by atoms with Crippen molar-refractivity contribution in [1.29, 1.82) is 0 Å². The molecular weight excluding hydrogens is 198 g/mol. The monoisotopic (exact) mass is 221 g/mol. The van der Waals surface area contributed by atoms with E-state index in [4.69, 9.17) is 6.57 Å². The largest absolute Gasteiger partial charge is 0.299 e. The molecule has 2 fully saturated rings. The van der Waals surface area contributed by atoms with E-state index in [0.29, 0.717) is 12.2 Å². The molecule has 0 aromatic rings. The van der Waals surface area contributed by atoms with Crippen LogP contribution in [0.1, 0.15) is 39.0 Å². The standard InChI is InChI=1S/C13H23N3/c1-13(6-4-3-5-7-13)16-10-8-15(9-11-16)12-14-2/h3-12H2,1H3. The number of nitrogens with zero attached hydrogens (tertiary/aromatic N) is 3. The second-order valence-corrected chi connectivity index (χ2v) is 5.46. The Kier molecular flexibility index (Phi) is 3.83. The van der Waals surface area contributed by atoms with Crippen LogP contribution < -0.4 is 0 Å². The lowest BCUT2D eigenvalue weighted by atomic mass is 9.81. The van der Waals surface area contributed by atoms with Crippen LogP contribution in [0, 0.1) is 6.57 Å². The van der Waals surface area contributed by atoms with E-state index in [1.807, 2.05) is 0 Å². The lowest BCUT2D eigenvalue weighted by Gasteiger charge is -2.47. The molecule has 0 radical (unpaired) electrons. The normalized spacial score (nSPS) is 27.5. The highest BCUT2D eigenvalue weighted by Crippen LogP contribution is 2.33. The molecule has 3 heteroatoms. The van der Waals surface area contributed by atoms with Crippen LogP contribution in [0.15, 0.2) is 0 Å². The highest BCUT2D eigenvalue weighted by Gasteiger charge is 2.35. The van der Waals surface area contributed by atoms with Crippen molar-refractivity contribution in [2.75, 3.05) is 32.8 Å². The first-order valence-corrected chi connectivity index (χ1v) is 6.55. The van der Waals surface area contributed by atoms with Gasteiger partial charge in [-0.3, -0.25) is 9.74 Å². The van der Waals surface area contributed by atoms with Crippen molar-refractivity contribution in [1.82, 2.24) is 9.80 Å². The predicted molar refractivity (Wildman–Crippen MR) is 66.1 cm³/mol. The van der Waals surface area contributed by atoms with E-state index in [0.717, 1.165) is 26.2 Å². The molecule has 90 valence electrons. The molecule has 0 amide bonds. The van der Waals surface area contributed by atoms with Gasteiger partial charge in [0, 0.05) is 31.7 Å². The average Bonchev–Trinajstić information content (AvgIpc) is 2.31. The third-order valence-corrected chi connectivity index (χ3v) is 4.34. The van der Waals surface area contributed by atoms with E-state index in [1.54, 1.807) is 0 Å². The molecule has 1 saturated heterocycles. The lowest BCUT2D eigenvalue weighted by Crippen LogP contribution is -2.56. The Morgan fingerprint density at radius 1 is 1.06 bits per heavy atom. The Morgan fingerprint density at radius 2 is 1.69 bits per heavy atom. The molecule has 3 nitrogen and oxygen atoms in total. The van der Waals surface area contributed by atoms with Crippen molar-refractivity contribution in [2.45, 2.75) is 44.6 Å². The van der Waals surface area contributed by atoms with Crippen molar-refractivity contribution >= 4 is 0 Å². The van der Waals surface area contributed by atoms with Crippen LogP contribution in [-0.2, 0) is 0 Å². The summed E-state index contributed by atoms with van der Waals surface area (Å²) in [6, 6.07) is 0. The maximum atomic E-state index is 6.89. The molecule has 1 aliphatic heterocycles. The third-order valence-electron chi connectivity index (χ3n) is 4.34. The number of rotatable bonds is 2. The van der Waals surface area contributed by atoms with Crippen molar-refractivity contribution in [3.63, 3.8) is 0 Å². The summed E-state index contributed by atoms with van der Waals surface area (Å²) in [5.74, 6) is 0. The van der Waals surface area contributed by atoms with Crippen LogP contribution in [0.25, 0.3) is 4.85 Å². The number of hydrogen-bond donors (Lipinski definition) is 0. The van der Waals surface area contributed by atoms with Gasteiger partial charge in [0.2, 0.25) is 0 Å². The third kappa shape index (κ3) is 2.56. The molecule has 1 heterocycles. The van der Waals surface area contributed by atoms with Crippen LogP contribution in [0.5, 0.6) is 0 Å². The summed E-state index contributed by atoms with van der Waals surface area (Å²) in [5, 5.41) is 0. The molecule has 0 N–H and O–H groups in total. The lowest BCUT2D eigenvalue weighted by molar-refractivity contribution is 0.0222. The van der Waals surface area contributed by atoms with Crippen molar-refractivity contribution < 1.29 is 0 Å². The Bertz CT molecular complexity index is 255. The van der Waals surface area contributed by atoms with Crippen molar-refractivity contribution in [2.24, 2.45) is 0 Å². The summed E-state index contributed by atoms with van der Waals surface area (Å²) in [7, 11) is 0. The van der Waals surface area contributed by atoms with Crippen LogP contribution in [0.3, 0.4) is 0 Å². The summed E-state index contributed by atoms with van der Waals surface area (Å²) < 4.78 is 0. The van der Waals surface area contributed by atoms with Crippen molar-refractivity contribution in [3.8, 4) is 0 Å². The van der Waals surface area contributed by atoms with Gasteiger partial charge in [-0.15, -0.1) is 0 Å². The fraction of sp³-hybridized carbons (Fsp3) is 0.923. The number of piperazine rings is 1. The topological polar surface area (TPSA) is 10.8 Å². The fourth-order valence-electron chi connectivity index (χ4n) is 3.16. The maximum Gasteiger partial charge on any atom is 0.270 e. The Balaban J connectivity index is 1.86. The molecule has 1 aliphatic carbocycles. The molecule has 0 spiro atoms. The van der Waals surface area contributed by atoms with Crippen LogP contribution in [0.2, 0.25) is 0 Å². The highest BCUT2D eigenvalue weighted by molar-refractivity contribution is 4.91. The second kappa shape index (κ2) is 5.16. The van der Waals surface area contributed by atoms with Gasteiger partial charge in [0.1, 0.15) is 0 Å². The van der Waals surface area contributed by atoms with Gasteiger partial charge in [-0.2, -0.15) is 0 Å². The average molecular weight is 221 g/mol. The van der Waals surface area contributed by atoms with Gasteiger partial charge in [0.05, 0.1) is 0 Å². The molecule has 0 bridgehead atoms. The molecule has 0 aromatic heterocycles. The Labute approximate surface area is 99.2 Å². The first kappa shape index (κ1) is 11.9. The first-order valence-electron chi connectivity index (χ1n) is 6.55. The molecule has 0 unspecified atom stereocenters. The maximum absolute atomic E-state index is 6.89. The first-order chi connectivity index (χ1) is 7.74. The summed E-state index contributed by atoms with van der Waals surface area (Å²) >= 11 is 0. The van der Waals surface area contributed by atoms with Gasteiger partial charge in [-0.25, -0.2) is 11.5 Å². The molecule has 16 heavy (non-hydrogen) atoms. The second-order valence-electron chi connectivity index (χ2n) is 5.46. The summed E-state index contributed by atoms with van der Waals surface area (Å²) in [4.78, 5) is 8.42. The minimum absolute atomic E-state index is 0.461. The fourth-order valence-corrected chi connectivity index (χ4v) is 3.16. The van der Waals surface area contributed by atoms with E-state index in [-0.39, 0.29) is 0 Å². The van der Waals surface area contributed by atoms with E-state index in [2.05, 4.69) is 21.6 Å². The minimum Gasteiger partial charge on any atom is -0.299 e. The zero-order valence-electron chi connectivity index (χ0n) is 10.4. The van der Waals surface area contributed by atoms with Gasteiger partial charge in [-0.05, 0) is 19.8 Å². The van der Waals surface area contributed by atoms with Crippen LogP contribution >= 0.6 is 0 Å². The smallest absolute Gasteiger partial charge is 0.270 e. The van der Waals surface area contributed by atoms with E-state index >= 15 is 0 Å². The highest BCUT2D eigenvalue weighted by atomic mass is 15.3. The van der Waals surface area contributed by atoms with E-state index in [9.17, 15) is 0 Å². The van der Waals surface area contributed by atoms with Crippen LogP contribution in [0.4, 0.5) is 0 Å². The SMILES string of the molecule is [C-]#[N+]CN1CCN(C2(C)CCCCC2)CC1. The Morgan fingerprint density at radius 3 is 2.25 bits per heavy atom. The van der Waals surface area contributed by atoms with E-state index < -0.39 is 0 Å². The predicted octanol–water partition coefficient (Wildman–Crippen LogP) is 2.20. The molecule has 0 atom stereocenters. The zero-order valence-corrected chi connectivity index (χ0v) is 10.4. The van der Waals surface area contributed by atoms with E-state index in [1.165, 1.54) is 32.1 Å². The van der Waals surface area contributed by atoms with Gasteiger partial charge >= 0.3 is 0 Å². The van der Waals surface area contributed by atoms with Gasteiger partial charge in [0.25, 0.3) is 6.67 Å². The van der Waals surface area contributed by atoms with Crippen molar-refractivity contribution in [3.05, 3.63) is 11.4 Å². The molecular formula is C13H23N3. The molecule has 2 rings (SSSR count). The quantitative estimate of drug-likeness (QED) is 0.662.